The van der Waals surface area contributed by atoms with Crippen LogP contribution in [0.4, 0.5) is 0 Å². The molecule has 3 rings (SSSR count). The molecule has 0 fully saturated rings. The van der Waals surface area contributed by atoms with Crippen molar-refractivity contribution in [2.45, 2.75) is 26.7 Å². The van der Waals surface area contributed by atoms with Gasteiger partial charge in [-0.05, 0) is 55.3 Å². The normalized spacial score (nSPS) is 11.0. The van der Waals surface area contributed by atoms with E-state index in [1.54, 1.807) is 37.3 Å². The largest absolute Gasteiger partial charge is 0.494 e. The minimum absolute atomic E-state index is 0.0900. The number of carbonyl (C=O) groups is 2. The maximum absolute atomic E-state index is 12.5. The first kappa shape index (κ1) is 24.3. The van der Waals surface area contributed by atoms with E-state index in [4.69, 9.17) is 13.9 Å². The predicted molar refractivity (Wildman–Crippen MR) is 127 cm³/mol. The highest BCUT2D eigenvalue weighted by Crippen LogP contribution is 2.22. The van der Waals surface area contributed by atoms with Gasteiger partial charge in [0.25, 0.3) is 5.91 Å². The van der Waals surface area contributed by atoms with Crippen molar-refractivity contribution in [3.8, 4) is 17.6 Å². The minimum atomic E-state index is -0.855. The summed E-state index contributed by atoms with van der Waals surface area (Å²) in [5.74, 6) is -0.587. The van der Waals surface area contributed by atoms with Crippen LogP contribution in [-0.4, -0.2) is 25.0 Å². The van der Waals surface area contributed by atoms with Crippen LogP contribution in [0, 0.1) is 11.3 Å². The molecule has 2 aromatic carbocycles. The van der Waals surface area contributed by atoms with Crippen LogP contribution in [0.25, 0.3) is 17.0 Å². The lowest BCUT2D eigenvalue weighted by molar-refractivity contribution is -0.129. The third-order valence-electron chi connectivity index (χ3n) is 4.80. The zero-order valence-electron chi connectivity index (χ0n) is 18.9. The van der Waals surface area contributed by atoms with E-state index in [2.05, 4.69) is 12.2 Å². The van der Waals surface area contributed by atoms with Crippen molar-refractivity contribution < 1.29 is 23.5 Å². The average Bonchev–Trinajstić information content (AvgIpc) is 2.83. The maximum atomic E-state index is 12.5. The van der Waals surface area contributed by atoms with E-state index in [0.717, 1.165) is 12.8 Å². The molecule has 3 aromatic rings. The molecule has 1 aromatic heterocycles. The molecule has 8 heteroatoms. The van der Waals surface area contributed by atoms with Crippen molar-refractivity contribution in [3.63, 3.8) is 0 Å². The van der Waals surface area contributed by atoms with E-state index in [1.807, 2.05) is 6.07 Å². The van der Waals surface area contributed by atoms with Gasteiger partial charge in [-0.15, -0.1) is 0 Å². The molecule has 0 radical (unpaired) electrons. The van der Waals surface area contributed by atoms with Crippen LogP contribution < -0.4 is 20.4 Å². The number of rotatable bonds is 9. The molecule has 0 saturated carbocycles. The van der Waals surface area contributed by atoms with Crippen molar-refractivity contribution in [1.29, 1.82) is 5.26 Å². The van der Waals surface area contributed by atoms with E-state index in [1.165, 1.54) is 24.3 Å². The Kier molecular flexibility index (Phi) is 8.19. The van der Waals surface area contributed by atoms with E-state index in [0.29, 0.717) is 29.9 Å². The summed E-state index contributed by atoms with van der Waals surface area (Å²) in [5.41, 5.74) is -0.340. The van der Waals surface area contributed by atoms with Gasteiger partial charge in [0.15, 0.2) is 0 Å². The molecule has 8 nitrogen and oxygen atoms in total. The highest BCUT2D eigenvalue weighted by atomic mass is 16.5. The number of fused-ring (bicyclic) bond motifs is 1. The van der Waals surface area contributed by atoms with Gasteiger partial charge in [0.1, 0.15) is 34.3 Å². The Hall–Kier alpha value is -4.38. The van der Waals surface area contributed by atoms with Crippen molar-refractivity contribution in [3.05, 3.63) is 75.7 Å². The summed E-state index contributed by atoms with van der Waals surface area (Å²) in [7, 11) is 0. The second kappa shape index (κ2) is 11.5. The number of carbonyl (C=O) groups excluding carboxylic acids is 2. The van der Waals surface area contributed by atoms with E-state index in [9.17, 15) is 19.6 Å². The van der Waals surface area contributed by atoms with Crippen LogP contribution in [0.3, 0.4) is 0 Å². The minimum Gasteiger partial charge on any atom is -0.494 e. The fraction of sp³-hybridized carbons (Fsp3) is 0.231. The van der Waals surface area contributed by atoms with Crippen LogP contribution in [-0.2, 0) is 4.79 Å². The van der Waals surface area contributed by atoms with Crippen LogP contribution in [0.5, 0.6) is 11.5 Å². The van der Waals surface area contributed by atoms with Crippen LogP contribution in [0.2, 0.25) is 0 Å². The number of nitrogens with one attached hydrogen (secondary N) is 1. The number of nitrogens with zero attached hydrogens (tertiary/aromatic N) is 1. The van der Waals surface area contributed by atoms with Gasteiger partial charge in [-0.3, -0.25) is 4.79 Å². The maximum Gasteiger partial charge on any atom is 0.354 e. The molecule has 1 N–H and O–H groups in total. The molecular formula is C26H24N2O6. The number of amides is 1. The number of nitriles is 1. The van der Waals surface area contributed by atoms with Crippen molar-refractivity contribution in [1.82, 2.24) is 5.32 Å². The average molecular weight is 460 g/mol. The molecule has 0 spiro atoms. The second-order valence-electron chi connectivity index (χ2n) is 7.34. The Morgan fingerprint density at radius 2 is 1.82 bits per heavy atom. The van der Waals surface area contributed by atoms with E-state index < -0.39 is 17.5 Å². The topological polar surface area (TPSA) is 119 Å². The fourth-order valence-corrected chi connectivity index (χ4v) is 3.03. The first-order valence-electron chi connectivity index (χ1n) is 10.9. The lowest BCUT2D eigenvalue weighted by atomic mass is 10.1. The molecule has 0 aliphatic carbocycles. The Balaban J connectivity index is 1.75. The van der Waals surface area contributed by atoms with Crippen molar-refractivity contribution in [2.75, 3.05) is 13.2 Å². The van der Waals surface area contributed by atoms with Gasteiger partial charge < -0.3 is 19.2 Å². The molecule has 0 aliphatic heterocycles. The number of benzene rings is 2. The molecule has 174 valence electrons. The molecule has 0 aliphatic rings. The van der Waals surface area contributed by atoms with Crippen molar-refractivity contribution >= 4 is 28.9 Å². The third kappa shape index (κ3) is 6.11. The SMILES string of the molecule is CCCCOc1ccc(/C=C(\C#N)C(=O)Oc2ccc3cc(C(=O)NCC)c(=O)oc3c2)cc1. The Bertz CT molecular complexity index is 1320. The molecule has 34 heavy (non-hydrogen) atoms. The van der Waals surface area contributed by atoms with E-state index >= 15 is 0 Å². The molecule has 1 amide bonds. The number of hydrogen-bond donors (Lipinski definition) is 1. The fourth-order valence-electron chi connectivity index (χ4n) is 3.03. The number of unbranched alkanes of at least 4 members (excludes halogenated alkanes) is 1. The van der Waals surface area contributed by atoms with Gasteiger partial charge in [-0.25, -0.2) is 9.59 Å². The number of hydrogen-bond acceptors (Lipinski definition) is 7. The lowest BCUT2D eigenvalue weighted by Crippen LogP contribution is -2.27. The lowest BCUT2D eigenvalue weighted by Gasteiger charge is -2.07. The zero-order valence-corrected chi connectivity index (χ0v) is 18.9. The number of ether oxygens (including phenoxy) is 2. The molecule has 1 heterocycles. The predicted octanol–water partition coefficient (Wildman–Crippen LogP) is 4.23. The summed E-state index contributed by atoms with van der Waals surface area (Å²) in [6.45, 7) is 4.82. The molecular weight excluding hydrogens is 436 g/mol. The standard InChI is InChI=1S/C26H24N2O6/c1-3-5-12-32-20-9-6-17(7-10-20)13-19(16-27)25(30)33-21-11-8-18-14-22(24(29)28-4-2)26(31)34-23(18)15-21/h6-11,13-15H,3-5,12H2,1-2H3,(H,28,29)/b19-13+. The molecule has 0 unspecified atom stereocenters. The van der Waals surface area contributed by atoms with Crippen LogP contribution in [0.15, 0.2) is 63.3 Å². The van der Waals surface area contributed by atoms with Crippen molar-refractivity contribution in [2.24, 2.45) is 0 Å². The van der Waals surface area contributed by atoms with Gasteiger partial charge in [0.2, 0.25) is 0 Å². The number of esters is 1. The summed E-state index contributed by atoms with van der Waals surface area (Å²) in [5, 5.41) is 12.5. The highest BCUT2D eigenvalue weighted by molar-refractivity contribution is 5.99. The van der Waals surface area contributed by atoms with Gasteiger partial charge in [-0.2, -0.15) is 5.26 Å². The van der Waals surface area contributed by atoms with Gasteiger partial charge >= 0.3 is 11.6 Å². The van der Waals surface area contributed by atoms with Gasteiger partial charge in [0.05, 0.1) is 6.61 Å². The quantitative estimate of drug-likeness (QED) is 0.127. The Morgan fingerprint density at radius 1 is 1.09 bits per heavy atom. The summed E-state index contributed by atoms with van der Waals surface area (Å²) in [6.07, 6.45) is 3.41. The molecule has 0 bridgehead atoms. The second-order valence-corrected chi connectivity index (χ2v) is 7.34. The molecule has 0 saturated heterocycles. The summed E-state index contributed by atoms with van der Waals surface area (Å²) in [6, 6.07) is 14.7. The Morgan fingerprint density at radius 3 is 2.50 bits per heavy atom. The first-order valence-corrected chi connectivity index (χ1v) is 10.9. The summed E-state index contributed by atoms with van der Waals surface area (Å²) < 4.78 is 16.1. The molecule has 0 atom stereocenters. The highest BCUT2D eigenvalue weighted by Gasteiger charge is 2.16. The van der Waals surface area contributed by atoms with Gasteiger partial charge in [0, 0.05) is 18.0 Å². The van der Waals surface area contributed by atoms with Crippen LogP contribution in [0.1, 0.15) is 42.6 Å². The van der Waals surface area contributed by atoms with E-state index in [-0.39, 0.29) is 22.5 Å². The monoisotopic (exact) mass is 460 g/mol. The van der Waals surface area contributed by atoms with Crippen LogP contribution >= 0.6 is 0 Å². The van der Waals surface area contributed by atoms with Gasteiger partial charge in [-0.1, -0.05) is 25.5 Å². The summed E-state index contributed by atoms with van der Waals surface area (Å²) >= 11 is 0. The zero-order chi connectivity index (χ0) is 24.5. The first-order chi connectivity index (χ1) is 16.4. The summed E-state index contributed by atoms with van der Waals surface area (Å²) in [4.78, 5) is 36.6. The smallest absolute Gasteiger partial charge is 0.354 e. The Labute approximate surface area is 196 Å². The third-order valence-corrected chi connectivity index (χ3v) is 4.80.